The number of alkyl halides is 1. The molecule has 1 aliphatic rings. The highest BCUT2D eigenvalue weighted by molar-refractivity contribution is 6.18. The van der Waals surface area contributed by atoms with Gasteiger partial charge in [-0.05, 0) is 72.8 Å². The Morgan fingerprint density at radius 1 is 0.704 bits per heavy atom. The lowest BCUT2D eigenvalue weighted by Gasteiger charge is -2.09. The van der Waals surface area contributed by atoms with Crippen molar-refractivity contribution in [2.24, 2.45) is 0 Å². The molecule has 0 radical (unpaired) electrons. The highest BCUT2D eigenvalue weighted by atomic mass is 35.5. The molecule has 0 amide bonds. The van der Waals surface area contributed by atoms with Crippen LogP contribution in [0.1, 0.15) is 0 Å². The Balaban J connectivity index is 1.33. The molecule has 0 bridgehead atoms. The number of hydrogen-bond donors (Lipinski definition) is 1. The summed E-state index contributed by atoms with van der Waals surface area (Å²) in [5, 5.41) is 9.29. The van der Waals surface area contributed by atoms with Crippen molar-refractivity contribution < 1.29 is 24.1 Å². The van der Waals surface area contributed by atoms with Crippen molar-refractivity contribution in [3.8, 4) is 34.5 Å². The van der Waals surface area contributed by atoms with Crippen LogP contribution in [0.25, 0.3) is 0 Å². The smallest absolute Gasteiger partial charge is 0.228 e. The van der Waals surface area contributed by atoms with Gasteiger partial charge in [-0.3, -0.25) is 0 Å². The quantitative estimate of drug-likeness (QED) is 0.441. The van der Waals surface area contributed by atoms with Gasteiger partial charge in [-0.1, -0.05) is 0 Å². The number of rotatable bonds is 7. The summed E-state index contributed by atoms with van der Waals surface area (Å²) in [6.45, 7) is 0. The summed E-state index contributed by atoms with van der Waals surface area (Å²) in [7, 11) is 0. The Hall–Kier alpha value is -2.89. The van der Waals surface area contributed by atoms with Crippen LogP contribution in [0.15, 0.2) is 72.8 Å². The van der Waals surface area contributed by atoms with Crippen LogP contribution >= 0.6 is 11.6 Å². The summed E-state index contributed by atoms with van der Waals surface area (Å²) in [6, 6.07) is 21.1. The molecule has 3 aromatic rings. The molecular formula is C21H17ClO5. The van der Waals surface area contributed by atoms with Crippen molar-refractivity contribution in [2.75, 3.05) is 5.88 Å². The Morgan fingerprint density at radius 2 is 1.11 bits per heavy atom. The molecule has 1 saturated heterocycles. The molecule has 5 nitrogen and oxygen atoms in total. The number of hydrogen-bond acceptors (Lipinski definition) is 5. The predicted molar refractivity (Wildman–Crippen MR) is 101 cm³/mol. The fourth-order valence-electron chi connectivity index (χ4n) is 2.42. The van der Waals surface area contributed by atoms with Gasteiger partial charge in [0.1, 0.15) is 40.6 Å². The van der Waals surface area contributed by atoms with E-state index in [1.807, 2.05) is 48.5 Å². The molecule has 1 heterocycles. The van der Waals surface area contributed by atoms with Crippen molar-refractivity contribution in [2.45, 2.75) is 12.4 Å². The second-order valence-corrected chi connectivity index (χ2v) is 6.26. The third kappa shape index (κ3) is 4.64. The van der Waals surface area contributed by atoms with Crippen molar-refractivity contribution in [1.29, 1.82) is 0 Å². The van der Waals surface area contributed by atoms with Crippen molar-refractivity contribution >= 4 is 11.6 Å². The number of ether oxygens (including phenoxy) is 4. The zero-order valence-electron chi connectivity index (χ0n) is 14.2. The van der Waals surface area contributed by atoms with Crippen LogP contribution in [-0.2, 0) is 4.74 Å². The fraction of sp³-hybridized carbons (Fsp3) is 0.143. The van der Waals surface area contributed by atoms with E-state index < -0.39 is 0 Å². The molecule has 1 fully saturated rings. The van der Waals surface area contributed by atoms with E-state index in [1.54, 1.807) is 24.3 Å². The first-order chi connectivity index (χ1) is 13.2. The van der Waals surface area contributed by atoms with E-state index in [9.17, 15) is 5.11 Å². The van der Waals surface area contributed by atoms with E-state index in [0.29, 0.717) is 34.6 Å². The van der Waals surface area contributed by atoms with Gasteiger partial charge in [-0.15, -0.1) is 11.6 Å². The fourth-order valence-corrected chi connectivity index (χ4v) is 2.64. The summed E-state index contributed by atoms with van der Waals surface area (Å²) in [6.07, 6.45) is -0.278. The van der Waals surface area contributed by atoms with Crippen molar-refractivity contribution in [3.05, 3.63) is 72.8 Å². The molecule has 1 aliphatic heterocycles. The number of phenolic OH excluding ortho intramolecular Hbond substituents is 1. The van der Waals surface area contributed by atoms with Gasteiger partial charge in [0.2, 0.25) is 6.29 Å². The van der Waals surface area contributed by atoms with E-state index in [-0.39, 0.29) is 18.1 Å². The molecule has 1 N–H and O–H groups in total. The molecule has 27 heavy (non-hydrogen) atoms. The number of phenols is 1. The molecule has 0 aliphatic carbocycles. The van der Waals surface area contributed by atoms with E-state index in [2.05, 4.69) is 0 Å². The maximum Gasteiger partial charge on any atom is 0.228 e. The van der Waals surface area contributed by atoms with Gasteiger partial charge in [-0.25, -0.2) is 0 Å². The van der Waals surface area contributed by atoms with Crippen LogP contribution < -0.4 is 14.2 Å². The Morgan fingerprint density at radius 3 is 1.52 bits per heavy atom. The van der Waals surface area contributed by atoms with Gasteiger partial charge in [-0.2, -0.15) is 0 Å². The van der Waals surface area contributed by atoms with E-state index in [1.165, 1.54) is 0 Å². The molecule has 2 unspecified atom stereocenters. The highest BCUT2D eigenvalue weighted by Gasteiger charge is 2.40. The number of epoxide rings is 1. The van der Waals surface area contributed by atoms with Crippen molar-refractivity contribution in [1.82, 2.24) is 0 Å². The summed E-state index contributed by atoms with van der Waals surface area (Å²) in [5.41, 5.74) is 0. The predicted octanol–water partition coefficient (Wildman–Crippen LogP) is 5.32. The highest BCUT2D eigenvalue weighted by Crippen LogP contribution is 2.30. The molecular weight excluding hydrogens is 368 g/mol. The van der Waals surface area contributed by atoms with Gasteiger partial charge in [0.15, 0.2) is 0 Å². The Labute approximate surface area is 161 Å². The third-order valence-corrected chi connectivity index (χ3v) is 4.20. The monoisotopic (exact) mass is 384 g/mol. The van der Waals surface area contributed by atoms with Gasteiger partial charge < -0.3 is 24.1 Å². The largest absolute Gasteiger partial charge is 0.508 e. The van der Waals surface area contributed by atoms with Crippen LogP contribution in [0.3, 0.4) is 0 Å². The average molecular weight is 385 g/mol. The first-order valence-electron chi connectivity index (χ1n) is 8.42. The number of aromatic hydroxyl groups is 1. The second kappa shape index (κ2) is 7.78. The summed E-state index contributed by atoms with van der Waals surface area (Å²) in [5.74, 6) is 4.04. The van der Waals surface area contributed by atoms with Gasteiger partial charge >= 0.3 is 0 Å². The topological polar surface area (TPSA) is 60.5 Å². The van der Waals surface area contributed by atoms with Crippen LogP contribution in [0, 0.1) is 0 Å². The van der Waals surface area contributed by atoms with Crippen LogP contribution in [0.5, 0.6) is 34.5 Å². The summed E-state index contributed by atoms with van der Waals surface area (Å²) < 4.78 is 22.4. The first-order valence-corrected chi connectivity index (χ1v) is 8.96. The minimum atomic E-state index is -0.254. The van der Waals surface area contributed by atoms with Crippen LogP contribution in [0.2, 0.25) is 0 Å². The van der Waals surface area contributed by atoms with E-state index in [0.717, 1.165) is 0 Å². The standard InChI is InChI=1S/C21H17ClO5/c22-13-20-21(27-20)26-19-11-9-18(10-12-19)25-17-7-5-16(6-8-17)24-15-3-1-14(23)2-4-15/h1-12,20-21,23H,13H2. The van der Waals surface area contributed by atoms with Crippen LogP contribution in [0.4, 0.5) is 0 Å². The van der Waals surface area contributed by atoms with Crippen LogP contribution in [-0.4, -0.2) is 23.4 Å². The maximum absolute atomic E-state index is 9.29. The molecule has 138 valence electrons. The SMILES string of the molecule is Oc1ccc(Oc2ccc(Oc3ccc(OC4OC4CCl)cc3)cc2)cc1. The average Bonchev–Trinajstić information content (AvgIpc) is 3.45. The third-order valence-electron chi connectivity index (χ3n) is 3.90. The lowest BCUT2D eigenvalue weighted by Crippen LogP contribution is -2.03. The lowest BCUT2D eigenvalue weighted by atomic mass is 10.3. The lowest BCUT2D eigenvalue weighted by molar-refractivity contribution is 0.178. The van der Waals surface area contributed by atoms with Gasteiger partial charge in [0.05, 0.1) is 5.88 Å². The van der Waals surface area contributed by atoms with E-state index in [4.69, 9.17) is 30.5 Å². The maximum atomic E-state index is 9.29. The normalized spacial score (nSPS) is 18.0. The molecule has 4 rings (SSSR count). The van der Waals surface area contributed by atoms with Gasteiger partial charge in [0.25, 0.3) is 0 Å². The van der Waals surface area contributed by atoms with Crippen molar-refractivity contribution in [3.63, 3.8) is 0 Å². The zero-order chi connectivity index (χ0) is 18.6. The summed E-state index contributed by atoms with van der Waals surface area (Å²) >= 11 is 5.69. The van der Waals surface area contributed by atoms with Gasteiger partial charge in [0, 0.05) is 0 Å². The first kappa shape index (κ1) is 17.5. The molecule has 0 spiro atoms. The minimum absolute atomic E-state index is 0.0232. The number of benzene rings is 3. The zero-order valence-corrected chi connectivity index (χ0v) is 15.0. The number of halogens is 1. The molecule has 0 saturated carbocycles. The van der Waals surface area contributed by atoms with E-state index >= 15 is 0 Å². The Kier molecular flexibility index (Phi) is 5.05. The minimum Gasteiger partial charge on any atom is -0.508 e. The molecule has 6 heteroatoms. The second-order valence-electron chi connectivity index (χ2n) is 5.96. The Bertz CT molecular complexity index is 878. The summed E-state index contributed by atoms with van der Waals surface area (Å²) in [4.78, 5) is 0. The molecule has 3 aromatic carbocycles. The molecule has 2 atom stereocenters. The molecule has 0 aromatic heterocycles.